The number of carbonyl (C=O) groups excluding carboxylic acids is 1. The van der Waals surface area contributed by atoms with Gasteiger partial charge in [-0.15, -0.1) is 11.8 Å². The van der Waals surface area contributed by atoms with Crippen LogP contribution in [0.5, 0.6) is 0 Å². The van der Waals surface area contributed by atoms with Gasteiger partial charge in [-0.05, 0) is 36.6 Å². The first-order valence-electron chi connectivity index (χ1n) is 5.14. The number of thioether (sulfide) groups is 1. The van der Waals surface area contributed by atoms with Crippen molar-refractivity contribution in [3.8, 4) is 0 Å². The molecule has 0 atom stereocenters. The van der Waals surface area contributed by atoms with Crippen LogP contribution in [0, 0.1) is 0 Å². The molecule has 1 aromatic carbocycles. The van der Waals surface area contributed by atoms with Crippen LogP contribution >= 0.6 is 11.8 Å². The fourth-order valence-corrected chi connectivity index (χ4v) is 1.87. The second-order valence-electron chi connectivity index (χ2n) is 3.52. The second kappa shape index (κ2) is 5.05. The van der Waals surface area contributed by atoms with Crippen LogP contribution in [-0.4, -0.2) is 21.9 Å². The predicted octanol–water partition coefficient (Wildman–Crippen LogP) is 2.39. The Morgan fingerprint density at radius 3 is 2.53 bits per heavy atom. The van der Waals surface area contributed by atoms with Gasteiger partial charge in [-0.2, -0.15) is 5.10 Å². The minimum Gasteiger partial charge on any atom is -0.321 e. The van der Waals surface area contributed by atoms with E-state index in [2.05, 4.69) is 10.4 Å². The van der Waals surface area contributed by atoms with Gasteiger partial charge in [0.25, 0.3) is 5.91 Å². The molecule has 1 heterocycles. The van der Waals surface area contributed by atoms with Gasteiger partial charge < -0.3 is 5.32 Å². The number of amides is 1. The average molecular weight is 247 g/mol. The molecule has 0 aliphatic rings. The van der Waals surface area contributed by atoms with E-state index in [0.29, 0.717) is 5.69 Å². The van der Waals surface area contributed by atoms with Crippen molar-refractivity contribution in [1.82, 2.24) is 9.78 Å². The van der Waals surface area contributed by atoms with Crippen LogP contribution < -0.4 is 5.32 Å². The highest BCUT2D eigenvalue weighted by molar-refractivity contribution is 7.98. The van der Waals surface area contributed by atoms with Gasteiger partial charge in [0.05, 0.1) is 0 Å². The number of aryl methyl sites for hydroxylation is 1. The lowest BCUT2D eigenvalue weighted by atomic mass is 10.3. The maximum Gasteiger partial charge on any atom is 0.273 e. The minimum absolute atomic E-state index is 0.151. The molecule has 0 radical (unpaired) electrons. The van der Waals surface area contributed by atoms with E-state index in [0.717, 1.165) is 5.69 Å². The third-order valence-corrected chi connectivity index (χ3v) is 3.15. The molecule has 0 saturated heterocycles. The van der Waals surface area contributed by atoms with E-state index >= 15 is 0 Å². The van der Waals surface area contributed by atoms with Gasteiger partial charge in [-0.25, -0.2) is 0 Å². The monoisotopic (exact) mass is 247 g/mol. The van der Waals surface area contributed by atoms with Crippen molar-refractivity contribution in [2.24, 2.45) is 7.05 Å². The standard InChI is InChI=1S/C12H13N3OS/c1-15-11(7-8-13-15)12(16)14-9-3-5-10(17-2)6-4-9/h3-8H,1-2H3,(H,14,16). The van der Waals surface area contributed by atoms with Crippen molar-refractivity contribution in [2.75, 3.05) is 11.6 Å². The van der Waals surface area contributed by atoms with Crippen molar-refractivity contribution >= 4 is 23.4 Å². The molecule has 4 nitrogen and oxygen atoms in total. The fourth-order valence-electron chi connectivity index (χ4n) is 1.47. The molecule has 0 saturated carbocycles. The molecule has 88 valence electrons. The van der Waals surface area contributed by atoms with E-state index in [9.17, 15) is 4.79 Å². The van der Waals surface area contributed by atoms with Crippen LogP contribution in [0.15, 0.2) is 41.4 Å². The van der Waals surface area contributed by atoms with Crippen molar-refractivity contribution < 1.29 is 4.79 Å². The Bertz CT molecular complexity index is 519. The van der Waals surface area contributed by atoms with E-state index in [1.807, 2.05) is 30.5 Å². The summed E-state index contributed by atoms with van der Waals surface area (Å²) < 4.78 is 1.55. The summed E-state index contributed by atoms with van der Waals surface area (Å²) in [6.07, 6.45) is 3.62. The molecule has 1 amide bonds. The molecule has 17 heavy (non-hydrogen) atoms. The van der Waals surface area contributed by atoms with Gasteiger partial charge in [0.1, 0.15) is 5.69 Å². The number of nitrogens with one attached hydrogen (secondary N) is 1. The Balaban J connectivity index is 2.10. The highest BCUT2D eigenvalue weighted by atomic mass is 32.2. The number of nitrogens with zero attached hydrogens (tertiary/aromatic N) is 2. The van der Waals surface area contributed by atoms with Crippen LogP contribution in [0.2, 0.25) is 0 Å². The third kappa shape index (κ3) is 2.68. The zero-order chi connectivity index (χ0) is 12.3. The molecular weight excluding hydrogens is 234 g/mol. The van der Waals surface area contributed by atoms with Crippen LogP contribution in [0.1, 0.15) is 10.5 Å². The molecule has 0 spiro atoms. The second-order valence-corrected chi connectivity index (χ2v) is 4.40. The Hall–Kier alpha value is -1.75. The van der Waals surface area contributed by atoms with Gasteiger partial charge in [-0.1, -0.05) is 0 Å². The van der Waals surface area contributed by atoms with Crippen LogP contribution in [-0.2, 0) is 7.05 Å². The van der Waals surface area contributed by atoms with E-state index in [1.165, 1.54) is 4.90 Å². The van der Waals surface area contributed by atoms with Gasteiger partial charge in [0.2, 0.25) is 0 Å². The summed E-state index contributed by atoms with van der Waals surface area (Å²) in [5.41, 5.74) is 1.33. The van der Waals surface area contributed by atoms with Crippen molar-refractivity contribution in [3.05, 3.63) is 42.2 Å². The van der Waals surface area contributed by atoms with E-state index in [1.54, 1.807) is 35.8 Å². The molecule has 0 bridgehead atoms. The lowest BCUT2D eigenvalue weighted by Crippen LogP contribution is -2.15. The largest absolute Gasteiger partial charge is 0.321 e. The number of benzene rings is 1. The van der Waals surface area contributed by atoms with Crippen molar-refractivity contribution in [1.29, 1.82) is 0 Å². The molecule has 2 rings (SSSR count). The lowest BCUT2D eigenvalue weighted by molar-refractivity contribution is 0.101. The molecule has 0 aliphatic carbocycles. The number of hydrogen-bond donors (Lipinski definition) is 1. The SMILES string of the molecule is CSc1ccc(NC(=O)c2ccnn2C)cc1. The number of hydrogen-bond acceptors (Lipinski definition) is 3. The first-order valence-corrected chi connectivity index (χ1v) is 6.36. The molecule has 0 aliphatic heterocycles. The highest BCUT2D eigenvalue weighted by Gasteiger charge is 2.09. The van der Waals surface area contributed by atoms with Gasteiger partial charge in [-0.3, -0.25) is 9.48 Å². The van der Waals surface area contributed by atoms with Gasteiger partial charge in [0, 0.05) is 23.8 Å². The summed E-state index contributed by atoms with van der Waals surface area (Å²) in [7, 11) is 1.74. The lowest BCUT2D eigenvalue weighted by Gasteiger charge is -2.05. The maximum absolute atomic E-state index is 11.9. The Labute approximate surface area is 104 Å². The minimum atomic E-state index is -0.151. The summed E-state index contributed by atoms with van der Waals surface area (Å²) in [6, 6.07) is 9.42. The Morgan fingerprint density at radius 1 is 1.29 bits per heavy atom. The first-order chi connectivity index (χ1) is 8.20. The van der Waals surface area contributed by atoms with Crippen LogP contribution in [0.25, 0.3) is 0 Å². The van der Waals surface area contributed by atoms with E-state index in [4.69, 9.17) is 0 Å². The molecule has 0 fully saturated rings. The molecule has 1 aromatic heterocycles. The maximum atomic E-state index is 11.9. The molecular formula is C12H13N3OS. The fraction of sp³-hybridized carbons (Fsp3) is 0.167. The Morgan fingerprint density at radius 2 is 2.00 bits per heavy atom. The Kier molecular flexibility index (Phi) is 3.49. The highest BCUT2D eigenvalue weighted by Crippen LogP contribution is 2.17. The van der Waals surface area contributed by atoms with Crippen LogP contribution in [0.4, 0.5) is 5.69 Å². The normalized spacial score (nSPS) is 10.2. The van der Waals surface area contributed by atoms with Gasteiger partial charge in [0.15, 0.2) is 0 Å². The third-order valence-electron chi connectivity index (χ3n) is 2.40. The topological polar surface area (TPSA) is 46.9 Å². The predicted molar refractivity (Wildman–Crippen MR) is 69.4 cm³/mol. The first kappa shape index (κ1) is 11.7. The zero-order valence-electron chi connectivity index (χ0n) is 9.68. The molecule has 1 N–H and O–H groups in total. The summed E-state index contributed by atoms with van der Waals surface area (Å²) in [5.74, 6) is -0.151. The molecule has 5 heteroatoms. The van der Waals surface area contributed by atoms with Crippen molar-refractivity contribution in [2.45, 2.75) is 4.90 Å². The number of anilines is 1. The smallest absolute Gasteiger partial charge is 0.273 e. The van der Waals surface area contributed by atoms with Crippen LogP contribution in [0.3, 0.4) is 0 Å². The summed E-state index contributed by atoms with van der Waals surface area (Å²) in [6.45, 7) is 0. The van der Waals surface area contributed by atoms with Crippen molar-refractivity contribution in [3.63, 3.8) is 0 Å². The van der Waals surface area contributed by atoms with E-state index in [-0.39, 0.29) is 5.91 Å². The number of aromatic nitrogens is 2. The number of rotatable bonds is 3. The average Bonchev–Trinajstić information content (AvgIpc) is 2.76. The summed E-state index contributed by atoms with van der Waals surface area (Å²) in [5, 5.41) is 6.79. The summed E-state index contributed by atoms with van der Waals surface area (Å²) in [4.78, 5) is 13.0. The zero-order valence-corrected chi connectivity index (χ0v) is 10.5. The number of carbonyl (C=O) groups is 1. The quantitative estimate of drug-likeness (QED) is 0.847. The molecule has 2 aromatic rings. The van der Waals surface area contributed by atoms with E-state index < -0.39 is 0 Å². The summed E-state index contributed by atoms with van der Waals surface area (Å²) >= 11 is 1.67. The van der Waals surface area contributed by atoms with Gasteiger partial charge >= 0.3 is 0 Å². The molecule has 0 unspecified atom stereocenters.